The number of carbonyl (C=O) groups excluding carboxylic acids is 1. The van der Waals surface area contributed by atoms with E-state index in [2.05, 4.69) is 16.5 Å². The first-order chi connectivity index (χ1) is 7.69. The van der Waals surface area contributed by atoms with E-state index in [1.165, 1.54) is 12.5 Å². The molecule has 0 aliphatic carbocycles. The molecule has 16 heavy (non-hydrogen) atoms. The van der Waals surface area contributed by atoms with Crippen molar-refractivity contribution in [1.29, 1.82) is 0 Å². The first-order valence-electron chi connectivity index (χ1n) is 4.95. The van der Waals surface area contributed by atoms with Crippen molar-refractivity contribution in [3.8, 4) is 5.88 Å². The number of hydrogen-bond donors (Lipinski definition) is 0. The Morgan fingerprint density at radius 3 is 3.06 bits per heavy atom. The lowest BCUT2D eigenvalue weighted by atomic mass is 10.3. The normalized spacial score (nSPS) is 11.6. The van der Waals surface area contributed by atoms with Gasteiger partial charge in [-0.25, -0.2) is 14.8 Å². The van der Waals surface area contributed by atoms with Crippen LogP contribution in [0.3, 0.4) is 0 Å². The maximum atomic E-state index is 11.5. The largest absolute Gasteiger partial charge is 0.470 e. The molecule has 1 aromatic heterocycles. The van der Waals surface area contributed by atoms with Gasteiger partial charge in [-0.15, -0.1) is 0 Å². The zero-order chi connectivity index (χ0) is 12.0. The summed E-state index contributed by atoms with van der Waals surface area (Å²) in [5, 5.41) is 0. The topological polar surface area (TPSA) is 61.3 Å². The fourth-order valence-electron chi connectivity index (χ4n) is 0.985. The molecule has 5 heteroatoms. The Balaban J connectivity index is 2.91. The average Bonchev–Trinajstić information content (AvgIpc) is 2.30. The molecule has 0 aliphatic heterocycles. The molecule has 1 rings (SSSR count). The highest BCUT2D eigenvalue weighted by atomic mass is 16.5. The number of aromatic nitrogens is 2. The molecule has 0 N–H and O–H groups in total. The van der Waals surface area contributed by atoms with Crippen molar-refractivity contribution < 1.29 is 14.3 Å². The SMILES string of the molecule is C=CC(C)Oc1ncncc1C(=O)OCC. The fraction of sp³-hybridized carbons (Fsp3) is 0.364. The van der Waals surface area contributed by atoms with Crippen LogP contribution in [0.5, 0.6) is 5.88 Å². The Bertz CT molecular complexity index is 379. The van der Waals surface area contributed by atoms with E-state index in [1.807, 2.05) is 0 Å². The van der Waals surface area contributed by atoms with Crippen LogP contribution >= 0.6 is 0 Å². The van der Waals surface area contributed by atoms with Crippen LogP contribution in [0.4, 0.5) is 0 Å². The standard InChI is InChI=1S/C11H14N2O3/c1-4-8(3)16-10-9(6-12-7-13-10)11(14)15-5-2/h4,6-8H,1,5H2,2-3H3. The number of esters is 1. The predicted molar refractivity (Wildman–Crippen MR) is 58.3 cm³/mol. The number of rotatable bonds is 5. The minimum Gasteiger partial charge on any atom is -0.470 e. The lowest BCUT2D eigenvalue weighted by Gasteiger charge is -2.11. The van der Waals surface area contributed by atoms with Crippen LogP contribution in [0.2, 0.25) is 0 Å². The second-order valence-electron chi connectivity index (χ2n) is 3.02. The number of ether oxygens (including phenoxy) is 2. The van der Waals surface area contributed by atoms with E-state index >= 15 is 0 Å². The number of hydrogen-bond acceptors (Lipinski definition) is 5. The molecule has 0 aliphatic rings. The van der Waals surface area contributed by atoms with Gasteiger partial charge in [0, 0.05) is 6.20 Å². The smallest absolute Gasteiger partial charge is 0.345 e. The lowest BCUT2D eigenvalue weighted by Crippen LogP contribution is -2.14. The zero-order valence-corrected chi connectivity index (χ0v) is 9.34. The highest BCUT2D eigenvalue weighted by Gasteiger charge is 2.16. The summed E-state index contributed by atoms with van der Waals surface area (Å²) in [4.78, 5) is 19.2. The van der Waals surface area contributed by atoms with Crippen LogP contribution in [-0.4, -0.2) is 28.6 Å². The van der Waals surface area contributed by atoms with E-state index in [4.69, 9.17) is 9.47 Å². The summed E-state index contributed by atoms with van der Waals surface area (Å²) >= 11 is 0. The van der Waals surface area contributed by atoms with E-state index in [1.54, 1.807) is 19.9 Å². The molecule has 0 saturated carbocycles. The van der Waals surface area contributed by atoms with Gasteiger partial charge in [0.05, 0.1) is 6.61 Å². The molecule has 0 aromatic carbocycles. The molecule has 0 bridgehead atoms. The van der Waals surface area contributed by atoms with Crippen molar-refractivity contribution in [1.82, 2.24) is 9.97 Å². The van der Waals surface area contributed by atoms with Gasteiger partial charge < -0.3 is 9.47 Å². The van der Waals surface area contributed by atoms with Crippen molar-refractivity contribution in [2.75, 3.05) is 6.61 Å². The Hall–Kier alpha value is -1.91. The third-order valence-corrected chi connectivity index (χ3v) is 1.80. The Labute approximate surface area is 94.1 Å². The van der Waals surface area contributed by atoms with Gasteiger partial charge in [-0.05, 0) is 13.8 Å². The maximum Gasteiger partial charge on any atom is 0.345 e. The summed E-state index contributed by atoms with van der Waals surface area (Å²) in [6.07, 6.45) is 4.06. The van der Waals surface area contributed by atoms with Gasteiger partial charge in [0.25, 0.3) is 0 Å². The Morgan fingerprint density at radius 1 is 1.69 bits per heavy atom. The molecule has 5 nitrogen and oxygen atoms in total. The van der Waals surface area contributed by atoms with Crippen LogP contribution in [0.1, 0.15) is 24.2 Å². The molecule has 0 radical (unpaired) electrons. The van der Waals surface area contributed by atoms with Crippen LogP contribution < -0.4 is 4.74 Å². The van der Waals surface area contributed by atoms with Crippen molar-refractivity contribution in [2.45, 2.75) is 20.0 Å². The molecule has 86 valence electrons. The number of carbonyl (C=O) groups is 1. The summed E-state index contributed by atoms with van der Waals surface area (Å²) < 4.78 is 10.3. The summed E-state index contributed by atoms with van der Waals surface area (Å²) in [5.74, 6) is -0.282. The minimum atomic E-state index is -0.491. The van der Waals surface area contributed by atoms with Gasteiger partial charge in [0.15, 0.2) is 0 Å². The highest BCUT2D eigenvalue weighted by Crippen LogP contribution is 2.16. The molecule has 0 spiro atoms. The van der Waals surface area contributed by atoms with Crippen LogP contribution in [-0.2, 0) is 4.74 Å². The van der Waals surface area contributed by atoms with E-state index in [9.17, 15) is 4.79 Å². The van der Waals surface area contributed by atoms with Crippen molar-refractivity contribution in [2.24, 2.45) is 0 Å². The van der Waals surface area contributed by atoms with Crippen molar-refractivity contribution in [3.05, 3.63) is 30.7 Å². The molecule has 0 amide bonds. The molecular formula is C11H14N2O3. The molecule has 0 saturated heterocycles. The third kappa shape index (κ3) is 3.05. The van der Waals surface area contributed by atoms with Gasteiger partial charge in [-0.2, -0.15) is 0 Å². The Kier molecular flexibility index (Phi) is 4.44. The van der Waals surface area contributed by atoms with Gasteiger partial charge >= 0.3 is 5.97 Å². The quantitative estimate of drug-likeness (QED) is 0.559. The highest BCUT2D eigenvalue weighted by molar-refractivity contribution is 5.91. The average molecular weight is 222 g/mol. The maximum absolute atomic E-state index is 11.5. The molecule has 1 unspecified atom stereocenters. The van der Waals surface area contributed by atoms with Gasteiger partial charge in [-0.1, -0.05) is 12.7 Å². The summed E-state index contributed by atoms with van der Waals surface area (Å²) in [6, 6.07) is 0. The Morgan fingerprint density at radius 2 is 2.44 bits per heavy atom. The predicted octanol–water partition coefficient (Wildman–Crippen LogP) is 1.61. The molecule has 0 fully saturated rings. The zero-order valence-electron chi connectivity index (χ0n) is 9.34. The van der Waals surface area contributed by atoms with Crippen molar-refractivity contribution >= 4 is 5.97 Å². The fourth-order valence-corrected chi connectivity index (χ4v) is 0.985. The van der Waals surface area contributed by atoms with E-state index in [-0.39, 0.29) is 17.5 Å². The van der Waals surface area contributed by atoms with E-state index in [0.29, 0.717) is 6.61 Å². The molecule has 1 aromatic rings. The summed E-state index contributed by atoms with van der Waals surface area (Å²) in [6.45, 7) is 7.41. The van der Waals surface area contributed by atoms with Crippen LogP contribution in [0.15, 0.2) is 25.2 Å². The number of nitrogens with zero attached hydrogens (tertiary/aromatic N) is 2. The molecular weight excluding hydrogens is 208 g/mol. The molecule has 1 heterocycles. The van der Waals surface area contributed by atoms with E-state index < -0.39 is 5.97 Å². The first-order valence-corrected chi connectivity index (χ1v) is 4.95. The van der Waals surface area contributed by atoms with Crippen LogP contribution in [0, 0.1) is 0 Å². The van der Waals surface area contributed by atoms with Crippen molar-refractivity contribution in [3.63, 3.8) is 0 Å². The second-order valence-corrected chi connectivity index (χ2v) is 3.02. The van der Waals surface area contributed by atoms with Gasteiger partial charge in [0.1, 0.15) is 18.0 Å². The molecule has 1 atom stereocenters. The monoisotopic (exact) mass is 222 g/mol. The van der Waals surface area contributed by atoms with E-state index in [0.717, 1.165) is 0 Å². The summed E-state index contributed by atoms with van der Waals surface area (Å²) in [7, 11) is 0. The minimum absolute atomic E-state index is 0.209. The van der Waals surface area contributed by atoms with Gasteiger partial charge in [0.2, 0.25) is 5.88 Å². The first kappa shape index (κ1) is 12.2. The summed E-state index contributed by atoms with van der Waals surface area (Å²) in [5.41, 5.74) is 0.220. The second kappa shape index (κ2) is 5.85. The van der Waals surface area contributed by atoms with Crippen LogP contribution in [0.25, 0.3) is 0 Å². The van der Waals surface area contributed by atoms with Gasteiger partial charge in [-0.3, -0.25) is 0 Å². The third-order valence-electron chi connectivity index (χ3n) is 1.80. The lowest BCUT2D eigenvalue weighted by molar-refractivity contribution is 0.0519.